The molecular formula is C12H10BrN5O. The van der Waals surface area contributed by atoms with Gasteiger partial charge in [-0.25, -0.2) is 14.6 Å². The van der Waals surface area contributed by atoms with Crippen LogP contribution in [0.3, 0.4) is 0 Å². The molecule has 0 fully saturated rings. The predicted octanol–water partition coefficient (Wildman–Crippen LogP) is 2.63. The number of nitrogens with zero attached hydrogens (tertiary/aromatic N) is 4. The lowest BCUT2D eigenvalue weighted by molar-refractivity contribution is 0.516. The third kappa shape index (κ3) is 2.50. The van der Waals surface area contributed by atoms with Gasteiger partial charge < -0.3 is 9.73 Å². The average molecular weight is 320 g/mol. The second kappa shape index (κ2) is 5.23. The Morgan fingerprint density at radius 3 is 3.05 bits per heavy atom. The molecular weight excluding hydrogens is 310 g/mol. The molecule has 0 aliphatic rings. The molecule has 0 saturated carbocycles. The molecule has 0 saturated heterocycles. The van der Waals surface area contributed by atoms with Crippen molar-refractivity contribution in [2.45, 2.75) is 6.54 Å². The summed E-state index contributed by atoms with van der Waals surface area (Å²) in [7, 11) is 0. The second-order valence-corrected chi connectivity index (χ2v) is 4.61. The van der Waals surface area contributed by atoms with E-state index in [0.717, 1.165) is 15.9 Å². The highest BCUT2D eigenvalue weighted by atomic mass is 79.9. The molecule has 3 aromatic rings. The Hall–Kier alpha value is -2.15. The summed E-state index contributed by atoms with van der Waals surface area (Å²) in [6.45, 7) is 0.557. The maximum absolute atomic E-state index is 5.35. The van der Waals surface area contributed by atoms with Gasteiger partial charge in [0.1, 0.15) is 18.4 Å². The van der Waals surface area contributed by atoms with Gasteiger partial charge in [0.05, 0.1) is 23.0 Å². The molecule has 0 unspecified atom stereocenters. The number of anilines is 1. The van der Waals surface area contributed by atoms with Crippen molar-refractivity contribution in [1.82, 2.24) is 19.7 Å². The molecule has 7 heteroatoms. The fraction of sp³-hybridized carbons (Fsp3) is 0.0833. The number of pyridine rings is 1. The third-order valence-corrected chi connectivity index (χ3v) is 3.26. The Morgan fingerprint density at radius 1 is 1.37 bits per heavy atom. The molecule has 3 rings (SSSR count). The van der Waals surface area contributed by atoms with Crippen LogP contribution in [-0.2, 0) is 6.54 Å². The fourth-order valence-electron chi connectivity index (χ4n) is 1.66. The lowest BCUT2D eigenvalue weighted by atomic mass is 10.3. The Labute approximate surface area is 117 Å². The van der Waals surface area contributed by atoms with Gasteiger partial charge >= 0.3 is 0 Å². The average Bonchev–Trinajstić information content (AvgIpc) is 3.08. The minimum atomic E-state index is 0.557. The molecule has 0 aromatic carbocycles. The van der Waals surface area contributed by atoms with Crippen molar-refractivity contribution in [2.75, 3.05) is 5.32 Å². The van der Waals surface area contributed by atoms with E-state index in [4.69, 9.17) is 4.42 Å². The number of hydrogen-bond acceptors (Lipinski definition) is 5. The Kier molecular flexibility index (Phi) is 3.28. The zero-order valence-electron chi connectivity index (χ0n) is 9.82. The van der Waals surface area contributed by atoms with Crippen LogP contribution in [0.15, 0.2) is 52.2 Å². The van der Waals surface area contributed by atoms with E-state index in [2.05, 4.69) is 36.3 Å². The van der Waals surface area contributed by atoms with Gasteiger partial charge in [0, 0.05) is 6.20 Å². The normalized spacial score (nSPS) is 10.6. The van der Waals surface area contributed by atoms with E-state index in [1.165, 1.54) is 6.33 Å². The molecule has 0 radical (unpaired) electrons. The lowest BCUT2D eigenvalue weighted by Crippen LogP contribution is -2.06. The molecule has 0 amide bonds. The summed E-state index contributed by atoms with van der Waals surface area (Å²) in [5, 5.41) is 7.35. The number of nitrogens with one attached hydrogen (secondary N) is 1. The number of aromatic nitrogens is 4. The highest BCUT2D eigenvalue weighted by Gasteiger charge is 2.08. The minimum Gasteiger partial charge on any atom is -0.466 e. The van der Waals surface area contributed by atoms with Gasteiger partial charge in [0.15, 0.2) is 5.82 Å². The predicted molar refractivity (Wildman–Crippen MR) is 72.9 cm³/mol. The van der Waals surface area contributed by atoms with Crippen LogP contribution in [0.2, 0.25) is 0 Å². The number of furan rings is 1. The highest BCUT2D eigenvalue weighted by molar-refractivity contribution is 9.10. The van der Waals surface area contributed by atoms with Crippen LogP contribution in [-0.4, -0.2) is 19.7 Å². The molecule has 6 nitrogen and oxygen atoms in total. The van der Waals surface area contributed by atoms with Gasteiger partial charge in [-0.3, -0.25) is 0 Å². The Bertz CT molecular complexity index is 664. The van der Waals surface area contributed by atoms with E-state index in [1.54, 1.807) is 23.5 Å². The summed E-state index contributed by atoms with van der Waals surface area (Å²) in [5.41, 5.74) is 0.858. The van der Waals surface area contributed by atoms with Crippen LogP contribution >= 0.6 is 15.9 Å². The molecule has 3 aromatic heterocycles. The van der Waals surface area contributed by atoms with Crippen molar-refractivity contribution >= 4 is 21.6 Å². The zero-order valence-corrected chi connectivity index (χ0v) is 11.4. The van der Waals surface area contributed by atoms with E-state index in [1.807, 2.05) is 18.2 Å². The van der Waals surface area contributed by atoms with Gasteiger partial charge in [-0.1, -0.05) is 0 Å². The van der Waals surface area contributed by atoms with E-state index in [-0.39, 0.29) is 0 Å². The standard InChI is InChI=1S/C12H10BrN5O/c13-9-3-5-19-11(9)6-16-10-2-1-4-15-12(10)18-8-14-7-17-18/h1-5,7-8,16H,6H2. The molecule has 0 bridgehead atoms. The number of rotatable bonds is 4. The van der Waals surface area contributed by atoms with Crippen LogP contribution in [0.5, 0.6) is 0 Å². The van der Waals surface area contributed by atoms with Crippen molar-refractivity contribution in [3.63, 3.8) is 0 Å². The smallest absolute Gasteiger partial charge is 0.178 e. The first kappa shape index (κ1) is 11.9. The molecule has 96 valence electrons. The summed E-state index contributed by atoms with van der Waals surface area (Å²) >= 11 is 3.42. The third-order valence-electron chi connectivity index (χ3n) is 2.55. The Morgan fingerprint density at radius 2 is 2.32 bits per heavy atom. The molecule has 0 atom stereocenters. The first-order valence-corrected chi connectivity index (χ1v) is 6.39. The summed E-state index contributed by atoms with van der Waals surface area (Å²) in [5.74, 6) is 1.52. The largest absolute Gasteiger partial charge is 0.466 e. The lowest BCUT2D eigenvalue weighted by Gasteiger charge is -2.09. The number of halogens is 1. The van der Waals surface area contributed by atoms with Gasteiger partial charge in [-0.2, -0.15) is 5.10 Å². The van der Waals surface area contributed by atoms with E-state index in [9.17, 15) is 0 Å². The second-order valence-electron chi connectivity index (χ2n) is 3.76. The molecule has 19 heavy (non-hydrogen) atoms. The van der Waals surface area contributed by atoms with Gasteiger partial charge in [-0.05, 0) is 34.1 Å². The van der Waals surface area contributed by atoms with Crippen molar-refractivity contribution in [3.8, 4) is 5.82 Å². The first-order chi connectivity index (χ1) is 9.34. The first-order valence-electron chi connectivity index (χ1n) is 5.60. The summed E-state index contributed by atoms with van der Waals surface area (Å²) < 4.78 is 7.90. The number of hydrogen-bond donors (Lipinski definition) is 1. The maximum Gasteiger partial charge on any atom is 0.178 e. The quantitative estimate of drug-likeness (QED) is 0.800. The Balaban J connectivity index is 1.84. The van der Waals surface area contributed by atoms with Crippen LogP contribution in [0.1, 0.15) is 5.76 Å². The summed E-state index contributed by atoms with van der Waals surface area (Å²) in [6.07, 6.45) is 6.44. The van der Waals surface area contributed by atoms with Crippen molar-refractivity contribution in [3.05, 3.63) is 53.5 Å². The van der Waals surface area contributed by atoms with E-state index < -0.39 is 0 Å². The molecule has 0 aliphatic carbocycles. The minimum absolute atomic E-state index is 0.557. The van der Waals surface area contributed by atoms with Crippen molar-refractivity contribution in [1.29, 1.82) is 0 Å². The molecule has 0 spiro atoms. The van der Waals surface area contributed by atoms with Crippen LogP contribution in [0, 0.1) is 0 Å². The SMILES string of the molecule is Brc1ccoc1CNc1cccnc1-n1cncn1. The summed E-state index contributed by atoms with van der Waals surface area (Å²) in [6, 6.07) is 5.65. The van der Waals surface area contributed by atoms with Gasteiger partial charge in [0.2, 0.25) is 0 Å². The monoisotopic (exact) mass is 319 g/mol. The van der Waals surface area contributed by atoms with Crippen LogP contribution < -0.4 is 5.32 Å². The van der Waals surface area contributed by atoms with Crippen LogP contribution in [0.4, 0.5) is 5.69 Å². The fourth-order valence-corrected chi connectivity index (χ4v) is 2.00. The maximum atomic E-state index is 5.35. The topological polar surface area (TPSA) is 68.8 Å². The van der Waals surface area contributed by atoms with E-state index in [0.29, 0.717) is 12.4 Å². The van der Waals surface area contributed by atoms with Crippen molar-refractivity contribution in [2.24, 2.45) is 0 Å². The summed E-state index contributed by atoms with van der Waals surface area (Å²) in [4.78, 5) is 8.22. The highest BCUT2D eigenvalue weighted by Crippen LogP contribution is 2.21. The molecule has 3 heterocycles. The molecule has 0 aliphatic heterocycles. The van der Waals surface area contributed by atoms with Gasteiger partial charge in [-0.15, -0.1) is 0 Å². The van der Waals surface area contributed by atoms with Crippen molar-refractivity contribution < 1.29 is 4.42 Å². The zero-order chi connectivity index (χ0) is 13.1. The van der Waals surface area contributed by atoms with E-state index >= 15 is 0 Å². The molecule has 1 N–H and O–H groups in total. The van der Waals surface area contributed by atoms with Crippen LogP contribution in [0.25, 0.3) is 5.82 Å². The van der Waals surface area contributed by atoms with Gasteiger partial charge in [0.25, 0.3) is 0 Å².